The van der Waals surface area contributed by atoms with Crippen molar-refractivity contribution in [3.8, 4) is 0 Å². The van der Waals surface area contributed by atoms with Crippen LogP contribution >= 0.6 is 0 Å². The van der Waals surface area contributed by atoms with Gasteiger partial charge in [0, 0.05) is 18.1 Å². The van der Waals surface area contributed by atoms with Gasteiger partial charge in [-0.25, -0.2) is 4.98 Å². The molecule has 0 saturated carbocycles. The normalized spacial score (nSPS) is 21.0. The molecule has 2 heterocycles. The minimum Gasteiger partial charge on any atom is -0.369 e. The smallest absolute Gasteiger partial charge is 0.201 e. The molecule has 1 aromatic heterocycles. The van der Waals surface area contributed by atoms with Gasteiger partial charge in [0.1, 0.15) is 0 Å². The Hall–Kier alpha value is -1.55. The molecular formula is C17H26N4. The molecule has 114 valence electrons. The summed E-state index contributed by atoms with van der Waals surface area (Å²) in [7, 11) is 0. The third-order valence-electron chi connectivity index (χ3n) is 4.58. The van der Waals surface area contributed by atoms with Gasteiger partial charge in [0.25, 0.3) is 0 Å². The van der Waals surface area contributed by atoms with E-state index in [1.165, 1.54) is 30.5 Å². The van der Waals surface area contributed by atoms with E-state index in [-0.39, 0.29) is 5.54 Å². The number of likely N-dealkylation sites (tertiary alicyclic amines) is 1. The Morgan fingerprint density at radius 3 is 2.76 bits per heavy atom. The number of piperidine rings is 1. The number of hydrogen-bond acceptors (Lipinski definition) is 3. The predicted molar refractivity (Wildman–Crippen MR) is 88.5 cm³/mol. The number of fused-ring (bicyclic) bond motifs is 1. The van der Waals surface area contributed by atoms with Gasteiger partial charge in [0.15, 0.2) is 0 Å². The fourth-order valence-corrected chi connectivity index (χ4v) is 3.39. The molecule has 3 rings (SSSR count). The Kier molecular flexibility index (Phi) is 3.44. The fourth-order valence-electron chi connectivity index (χ4n) is 3.39. The summed E-state index contributed by atoms with van der Waals surface area (Å²) in [6.45, 7) is 11.2. The Labute approximate surface area is 126 Å². The van der Waals surface area contributed by atoms with Gasteiger partial charge in [-0.2, -0.15) is 0 Å². The lowest BCUT2D eigenvalue weighted by atomic mass is 9.98. The van der Waals surface area contributed by atoms with E-state index in [2.05, 4.69) is 60.3 Å². The Balaban J connectivity index is 1.98. The van der Waals surface area contributed by atoms with Gasteiger partial charge < -0.3 is 10.3 Å². The molecule has 2 N–H and O–H groups in total. The van der Waals surface area contributed by atoms with E-state index in [0.717, 1.165) is 12.1 Å². The summed E-state index contributed by atoms with van der Waals surface area (Å²) in [4.78, 5) is 7.11. The standard InChI is InChI=1S/C17H26N4/c1-12-7-8-15-14(10-12)19-16(18)21(15)13-6-5-9-20(11-13)17(2,3)4/h7-8,10,13H,5-6,9,11H2,1-4H3,(H2,18,19)/t13-/m0/s1. The Bertz CT molecular complexity index is 651. The first-order chi connectivity index (χ1) is 9.86. The van der Waals surface area contributed by atoms with Crippen LogP contribution in [-0.2, 0) is 0 Å². The summed E-state index contributed by atoms with van der Waals surface area (Å²) in [6.07, 6.45) is 2.39. The van der Waals surface area contributed by atoms with Crippen LogP contribution in [0.4, 0.5) is 5.95 Å². The second-order valence-corrected chi connectivity index (χ2v) is 7.25. The molecule has 0 aliphatic carbocycles. The van der Waals surface area contributed by atoms with Crippen LogP contribution in [0, 0.1) is 6.92 Å². The maximum Gasteiger partial charge on any atom is 0.201 e. The van der Waals surface area contributed by atoms with Crippen molar-refractivity contribution in [3.05, 3.63) is 23.8 Å². The van der Waals surface area contributed by atoms with Crippen LogP contribution in [-0.4, -0.2) is 33.1 Å². The summed E-state index contributed by atoms with van der Waals surface area (Å²) in [5.74, 6) is 0.649. The van der Waals surface area contributed by atoms with E-state index in [1.54, 1.807) is 0 Å². The van der Waals surface area contributed by atoms with E-state index >= 15 is 0 Å². The van der Waals surface area contributed by atoms with Gasteiger partial charge in [0.05, 0.1) is 11.0 Å². The molecule has 0 unspecified atom stereocenters. The van der Waals surface area contributed by atoms with Crippen LogP contribution in [0.1, 0.15) is 45.2 Å². The van der Waals surface area contributed by atoms with E-state index < -0.39 is 0 Å². The van der Waals surface area contributed by atoms with Crippen molar-refractivity contribution in [1.82, 2.24) is 14.5 Å². The second-order valence-electron chi connectivity index (χ2n) is 7.25. The number of aryl methyl sites for hydroxylation is 1. The first kappa shape index (κ1) is 14.4. The Morgan fingerprint density at radius 2 is 2.05 bits per heavy atom. The lowest BCUT2D eigenvalue weighted by Crippen LogP contribution is -2.47. The minimum atomic E-state index is 0.209. The molecule has 2 aromatic rings. The third kappa shape index (κ3) is 2.64. The molecular weight excluding hydrogens is 260 g/mol. The largest absolute Gasteiger partial charge is 0.369 e. The van der Waals surface area contributed by atoms with Crippen molar-refractivity contribution in [2.24, 2.45) is 0 Å². The average molecular weight is 286 g/mol. The monoisotopic (exact) mass is 286 g/mol. The number of imidazole rings is 1. The van der Waals surface area contributed by atoms with Gasteiger partial charge in [-0.3, -0.25) is 4.90 Å². The maximum absolute atomic E-state index is 6.22. The molecule has 0 bridgehead atoms. The van der Waals surface area contributed by atoms with Crippen LogP contribution in [0.5, 0.6) is 0 Å². The minimum absolute atomic E-state index is 0.209. The lowest BCUT2D eigenvalue weighted by molar-refractivity contribution is 0.0837. The number of anilines is 1. The Morgan fingerprint density at radius 1 is 1.29 bits per heavy atom. The zero-order valence-electron chi connectivity index (χ0n) is 13.6. The first-order valence-corrected chi connectivity index (χ1v) is 7.85. The number of hydrogen-bond donors (Lipinski definition) is 1. The topological polar surface area (TPSA) is 47.1 Å². The molecule has 1 aliphatic rings. The highest BCUT2D eigenvalue weighted by Gasteiger charge is 2.30. The van der Waals surface area contributed by atoms with Crippen LogP contribution in [0.2, 0.25) is 0 Å². The predicted octanol–water partition coefficient (Wildman–Crippen LogP) is 3.36. The van der Waals surface area contributed by atoms with Crippen molar-refractivity contribution in [2.75, 3.05) is 18.8 Å². The van der Waals surface area contributed by atoms with E-state index in [0.29, 0.717) is 12.0 Å². The van der Waals surface area contributed by atoms with Crippen molar-refractivity contribution >= 4 is 17.0 Å². The molecule has 1 saturated heterocycles. The van der Waals surface area contributed by atoms with E-state index in [4.69, 9.17) is 5.73 Å². The average Bonchev–Trinajstić information content (AvgIpc) is 2.73. The van der Waals surface area contributed by atoms with E-state index in [1.807, 2.05) is 0 Å². The molecule has 1 atom stereocenters. The summed E-state index contributed by atoms with van der Waals surface area (Å²) in [5, 5.41) is 0. The highest BCUT2D eigenvalue weighted by atomic mass is 15.3. The van der Waals surface area contributed by atoms with Crippen LogP contribution in [0.25, 0.3) is 11.0 Å². The lowest BCUT2D eigenvalue weighted by Gasteiger charge is -2.42. The fraction of sp³-hybridized carbons (Fsp3) is 0.588. The van der Waals surface area contributed by atoms with Crippen molar-refractivity contribution in [1.29, 1.82) is 0 Å². The number of nitrogens with two attached hydrogens (primary N) is 1. The maximum atomic E-state index is 6.22. The molecule has 4 nitrogen and oxygen atoms in total. The summed E-state index contributed by atoms with van der Waals surface area (Å²) >= 11 is 0. The quantitative estimate of drug-likeness (QED) is 0.874. The van der Waals surface area contributed by atoms with Gasteiger partial charge in [-0.15, -0.1) is 0 Å². The van der Waals surface area contributed by atoms with Crippen molar-refractivity contribution in [3.63, 3.8) is 0 Å². The van der Waals surface area contributed by atoms with Crippen LogP contribution in [0.15, 0.2) is 18.2 Å². The molecule has 1 aliphatic heterocycles. The second kappa shape index (κ2) is 5.02. The summed E-state index contributed by atoms with van der Waals surface area (Å²) in [5.41, 5.74) is 9.84. The highest BCUT2D eigenvalue weighted by molar-refractivity contribution is 5.79. The first-order valence-electron chi connectivity index (χ1n) is 7.85. The van der Waals surface area contributed by atoms with E-state index in [9.17, 15) is 0 Å². The van der Waals surface area contributed by atoms with Gasteiger partial charge in [-0.05, 0) is 64.8 Å². The number of aromatic nitrogens is 2. The molecule has 21 heavy (non-hydrogen) atoms. The molecule has 1 fully saturated rings. The van der Waals surface area contributed by atoms with Gasteiger partial charge in [-0.1, -0.05) is 6.07 Å². The van der Waals surface area contributed by atoms with Crippen LogP contribution < -0.4 is 5.73 Å². The summed E-state index contributed by atoms with van der Waals surface area (Å²) < 4.78 is 2.24. The number of benzene rings is 1. The molecule has 0 amide bonds. The molecule has 0 radical (unpaired) electrons. The molecule has 1 aromatic carbocycles. The SMILES string of the molecule is Cc1ccc2c(c1)nc(N)n2[C@H]1CCCN(C(C)(C)C)C1. The van der Waals surface area contributed by atoms with Crippen molar-refractivity contribution in [2.45, 2.75) is 52.1 Å². The third-order valence-corrected chi connectivity index (χ3v) is 4.58. The van der Waals surface area contributed by atoms with Gasteiger partial charge in [0.2, 0.25) is 5.95 Å². The van der Waals surface area contributed by atoms with Crippen molar-refractivity contribution < 1.29 is 0 Å². The van der Waals surface area contributed by atoms with Crippen LogP contribution in [0.3, 0.4) is 0 Å². The highest BCUT2D eigenvalue weighted by Crippen LogP contribution is 2.31. The molecule has 0 spiro atoms. The number of nitrogen functional groups attached to an aromatic ring is 1. The zero-order chi connectivity index (χ0) is 15.2. The zero-order valence-corrected chi connectivity index (χ0v) is 13.6. The summed E-state index contributed by atoms with van der Waals surface area (Å²) in [6, 6.07) is 6.84. The number of nitrogens with zero attached hydrogens (tertiary/aromatic N) is 3. The molecule has 4 heteroatoms. The van der Waals surface area contributed by atoms with Gasteiger partial charge >= 0.3 is 0 Å². The number of rotatable bonds is 1.